The van der Waals surface area contributed by atoms with Crippen molar-refractivity contribution in [2.75, 3.05) is 0 Å². The van der Waals surface area contributed by atoms with Gasteiger partial charge in [-0.2, -0.15) is 0 Å². The molecule has 0 amide bonds. The van der Waals surface area contributed by atoms with Crippen molar-refractivity contribution in [2.45, 2.75) is 19.5 Å². The largest absolute Gasteiger partial charge is 0.508 e. The second-order valence-corrected chi connectivity index (χ2v) is 4.68. The van der Waals surface area contributed by atoms with Gasteiger partial charge in [0, 0.05) is 6.04 Å². The van der Waals surface area contributed by atoms with Crippen LogP contribution in [0.4, 0.5) is 0 Å². The van der Waals surface area contributed by atoms with E-state index in [0.29, 0.717) is 6.54 Å². The molecular formula is C13H14BrNO2. The SMILES string of the molecule is CC(NCc1ccc(Br)o1)c1cccc(O)c1. The van der Waals surface area contributed by atoms with Crippen LogP contribution in [0, 0.1) is 0 Å². The van der Waals surface area contributed by atoms with Gasteiger partial charge in [0.1, 0.15) is 11.5 Å². The standard InChI is InChI=1S/C13H14BrNO2/c1-9(10-3-2-4-11(16)7-10)15-8-12-5-6-13(14)17-12/h2-7,9,15-16H,8H2,1H3. The number of phenols is 1. The molecule has 4 heteroatoms. The van der Waals surface area contributed by atoms with Crippen molar-refractivity contribution in [2.24, 2.45) is 0 Å². The number of hydrogen-bond acceptors (Lipinski definition) is 3. The lowest BCUT2D eigenvalue weighted by Crippen LogP contribution is -2.17. The summed E-state index contributed by atoms with van der Waals surface area (Å²) in [6.07, 6.45) is 0. The highest BCUT2D eigenvalue weighted by Gasteiger charge is 2.06. The predicted molar refractivity (Wildman–Crippen MR) is 69.8 cm³/mol. The summed E-state index contributed by atoms with van der Waals surface area (Å²) in [7, 11) is 0. The monoisotopic (exact) mass is 295 g/mol. The topological polar surface area (TPSA) is 45.4 Å². The third kappa shape index (κ3) is 3.35. The molecule has 17 heavy (non-hydrogen) atoms. The molecule has 2 aromatic rings. The van der Waals surface area contributed by atoms with Crippen molar-refractivity contribution >= 4 is 15.9 Å². The first-order chi connectivity index (χ1) is 8.15. The van der Waals surface area contributed by atoms with E-state index in [1.54, 1.807) is 12.1 Å². The Kier molecular flexibility index (Phi) is 3.86. The Bertz CT molecular complexity index is 496. The molecule has 0 fully saturated rings. The van der Waals surface area contributed by atoms with Crippen LogP contribution in [-0.2, 0) is 6.54 Å². The van der Waals surface area contributed by atoms with Gasteiger partial charge in [0.25, 0.3) is 0 Å². The summed E-state index contributed by atoms with van der Waals surface area (Å²) >= 11 is 3.27. The van der Waals surface area contributed by atoms with Crippen molar-refractivity contribution < 1.29 is 9.52 Å². The van der Waals surface area contributed by atoms with Crippen LogP contribution in [0.5, 0.6) is 5.75 Å². The Hall–Kier alpha value is -1.26. The minimum absolute atomic E-state index is 0.158. The molecule has 0 aliphatic rings. The van der Waals surface area contributed by atoms with Crippen LogP contribution >= 0.6 is 15.9 Å². The predicted octanol–water partition coefficient (Wildman–Crippen LogP) is 3.60. The second kappa shape index (κ2) is 5.38. The van der Waals surface area contributed by atoms with E-state index in [-0.39, 0.29) is 11.8 Å². The van der Waals surface area contributed by atoms with Crippen LogP contribution in [0.15, 0.2) is 45.5 Å². The van der Waals surface area contributed by atoms with E-state index in [2.05, 4.69) is 21.2 Å². The smallest absolute Gasteiger partial charge is 0.169 e. The maximum absolute atomic E-state index is 9.40. The fraction of sp³-hybridized carbons (Fsp3) is 0.231. The first-order valence-corrected chi connectivity index (χ1v) is 6.21. The van der Waals surface area contributed by atoms with Crippen LogP contribution < -0.4 is 5.32 Å². The van der Waals surface area contributed by atoms with Crippen molar-refractivity contribution in [3.8, 4) is 5.75 Å². The lowest BCUT2D eigenvalue weighted by molar-refractivity contribution is 0.444. The number of halogens is 1. The fourth-order valence-electron chi connectivity index (χ4n) is 1.61. The molecule has 2 rings (SSSR count). The maximum atomic E-state index is 9.40. The molecule has 1 heterocycles. The molecule has 0 spiro atoms. The van der Waals surface area contributed by atoms with Crippen molar-refractivity contribution in [1.29, 1.82) is 0 Å². The van der Waals surface area contributed by atoms with Crippen molar-refractivity contribution in [3.63, 3.8) is 0 Å². The van der Waals surface area contributed by atoms with Crippen LogP contribution in [0.2, 0.25) is 0 Å². The van der Waals surface area contributed by atoms with Crippen LogP contribution in [0.3, 0.4) is 0 Å². The molecule has 1 aromatic carbocycles. The summed E-state index contributed by atoms with van der Waals surface area (Å²) in [6, 6.07) is 11.2. The number of aromatic hydroxyl groups is 1. The van der Waals surface area contributed by atoms with E-state index in [1.807, 2.05) is 31.2 Å². The molecule has 90 valence electrons. The van der Waals surface area contributed by atoms with E-state index in [4.69, 9.17) is 4.42 Å². The number of benzene rings is 1. The molecule has 2 N–H and O–H groups in total. The Morgan fingerprint density at radius 1 is 1.35 bits per heavy atom. The van der Waals surface area contributed by atoms with Gasteiger partial charge in [0.15, 0.2) is 4.67 Å². The van der Waals surface area contributed by atoms with E-state index in [1.165, 1.54) is 0 Å². The average molecular weight is 296 g/mol. The average Bonchev–Trinajstić information content (AvgIpc) is 2.72. The van der Waals surface area contributed by atoms with Gasteiger partial charge in [0.2, 0.25) is 0 Å². The number of rotatable bonds is 4. The number of furan rings is 1. The summed E-state index contributed by atoms with van der Waals surface area (Å²) in [6.45, 7) is 2.70. The molecular weight excluding hydrogens is 282 g/mol. The minimum atomic E-state index is 0.158. The molecule has 1 aromatic heterocycles. The van der Waals surface area contributed by atoms with E-state index in [9.17, 15) is 5.11 Å². The van der Waals surface area contributed by atoms with Crippen LogP contribution in [0.25, 0.3) is 0 Å². The second-order valence-electron chi connectivity index (χ2n) is 3.90. The molecule has 0 radical (unpaired) electrons. The normalized spacial score (nSPS) is 12.6. The Morgan fingerprint density at radius 2 is 2.18 bits per heavy atom. The number of phenolic OH excluding ortho intramolecular Hbond substituents is 1. The zero-order valence-corrected chi connectivity index (χ0v) is 11.1. The number of hydrogen-bond donors (Lipinski definition) is 2. The third-order valence-corrected chi connectivity index (χ3v) is 3.01. The summed E-state index contributed by atoms with van der Waals surface area (Å²) in [5.74, 6) is 1.17. The first-order valence-electron chi connectivity index (χ1n) is 5.41. The molecule has 0 aliphatic carbocycles. The Morgan fingerprint density at radius 3 is 2.82 bits per heavy atom. The summed E-state index contributed by atoms with van der Waals surface area (Å²) in [4.78, 5) is 0. The first kappa shape index (κ1) is 12.2. The lowest BCUT2D eigenvalue weighted by Gasteiger charge is -2.13. The summed E-state index contributed by atoms with van der Waals surface area (Å²) in [5.41, 5.74) is 1.05. The van der Waals surface area contributed by atoms with Gasteiger partial charge in [-0.1, -0.05) is 12.1 Å². The molecule has 0 bridgehead atoms. The highest BCUT2D eigenvalue weighted by atomic mass is 79.9. The highest BCUT2D eigenvalue weighted by Crippen LogP contribution is 2.19. The van der Waals surface area contributed by atoms with Gasteiger partial charge in [-0.3, -0.25) is 0 Å². The van der Waals surface area contributed by atoms with Gasteiger partial charge < -0.3 is 14.8 Å². The van der Waals surface area contributed by atoms with Crippen LogP contribution in [-0.4, -0.2) is 5.11 Å². The summed E-state index contributed by atoms with van der Waals surface area (Å²) in [5, 5.41) is 12.7. The molecule has 1 unspecified atom stereocenters. The fourth-order valence-corrected chi connectivity index (χ4v) is 1.95. The van der Waals surface area contributed by atoms with Gasteiger partial charge in [-0.25, -0.2) is 0 Å². The molecule has 0 saturated carbocycles. The minimum Gasteiger partial charge on any atom is -0.508 e. The van der Waals surface area contributed by atoms with Gasteiger partial charge in [0.05, 0.1) is 6.54 Å². The van der Waals surface area contributed by atoms with Crippen molar-refractivity contribution in [1.82, 2.24) is 5.32 Å². The molecule has 0 aliphatic heterocycles. The third-order valence-electron chi connectivity index (χ3n) is 2.58. The van der Waals surface area contributed by atoms with E-state index >= 15 is 0 Å². The van der Waals surface area contributed by atoms with Crippen molar-refractivity contribution in [3.05, 3.63) is 52.4 Å². The van der Waals surface area contributed by atoms with Gasteiger partial charge in [-0.15, -0.1) is 0 Å². The summed E-state index contributed by atoms with van der Waals surface area (Å²) < 4.78 is 6.13. The quantitative estimate of drug-likeness (QED) is 0.906. The van der Waals surface area contributed by atoms with E-state index in [0.717, 1.165) is 16.0 Å². The number of nitrogens with one attached hydrogen (secondary N) is 1. The maximum Gasteiger partial charge on any atom is 0.169 e. The van der Waals surface area contributed by atoms with Gasteiger partial charge in [-0.05, 0) is 52.7 Å². The lowest BCUT2D eigenvalue weighted by atomic mass is 10.1. The Balaban J connectivity index is 1.95. The molecule has 1 atom stereocenters. The highest BCUT2D eigenvalue weighted by molar-refractivity contribution is 9.10. The zero-order valence-electron chi connectivity index (χ0n) is 9.48. The van der Waals surface area contributed by atoms with Crippen LogP contribution in [0.1, 0.15) is 24.3 Å². The Labute approximate surface area is 109 Å². The zero-order chi connectivity index (χ0) is 12.3. The molecule has 3 nitrogen and oxygen atoms in total. The van der Waals surface area contributed by atoms with Gasteiger partial charge >= 0.3 is 0 Å². The molecule has 0 saturated heterocycles. The van der Waals surface area contributed by atoms with E-state index < -0.39 is 0 Å².